The fourth-order valence-corrected chi connectivity index (χ4v) is 4.43. The number of ether oxygens (including phenoxy) is 6. The van der Waals surface area contributed by atoms with Crippen molar-refractivity contribution in [3.63, 3.8) is 0 Å². The molecule has 0 spiro atoms. The molecule has 1 heterocycles. The number of amides is 1. The lowest BCUT2D eigenvalue weighted by atomic mass is 9.91. The van der Waals surface area contributed by atoms with Crippen LogP contribution in [0.2, 0.25) is 0 Å². The highest BCUT2D eigenvalue weighted by molar-refractivity contribution is 5.95. The SMILES string of the molecule is COc1ccc(OCC2c3cc(OC)c(OC)cc3CCN2C(=O)c2ccc(OC)c(OC)c2)cc1. The molecule has 36 heavy (non-hydrogen) atoms. The Bertz CT molecular complexity index is 1210. The minimum atomic E-state index is -0.351. The highest BCUT2D eigenvalue weighted by Crippen LogP contribution is 2.39. The zero-order chi connectivity index (χ0) is 25.7. The van der Waals surface area contributed by atoms with Crippen LogP contribution in [0.4, 0.5) is 0 Å². The molecule has 3 aromatic carbocycles. The van der Waals surface area contributed by atoms with Gasteiger partial charge in [0.15, 0.2) is 23.0 Å². The molecule has 1 aliphatic rings. The maximum Gasteiger partial charge on any atom is 0.254 e. The first-order valence-corrected chi connectivity index (χ1v) is 11.6. The van der Waals surface area contributed by atoms with E-state index in [1.165, 1.54) is 0 Å². The molecule has 1 amide bonds. The smallest absolute Gasteiger partial charge is 0.254 e. The van der Waals surface area contributed by atoms with Crippen molar-refractivity contribution < 1.29 is 33.2 Å². The van der Waals surface area contributed by atoms with E-state index in [0.29, 0.717) is 47.3 Å². The van der Waals surface area contributed by atoms with Crippen LogP contribution >= 0.6 is 0 Å². The average molecular weight is 494 g/mol. The van der Waals surface area contributed by atoms with Gasteiger partial charge in [-0.2, -0.15) is 0 Å². The number of fused-ring (bicyclic) bond motifs is 1. The maximum absolute atomic E-state index is 13.8. The molecule has 1 atom stereocenters. The number of carbonyl (C=O) groups excluding carboxylic acids is 1. The largest absolute Gasteiger partial charge is 0.497 e. The van der Waals surface area contributed by atoms with Crippen LogP contribution in [-0.4, -0.2) is 59.5 Å². The summed E-state index contributed by atoms with van der Waals surface area (Å²) in [5.41, 5.74) is 2.56. The first-order chi connectivity index (χ1) is 17.5. The van der Waals surface area contributed by atoms with Crippen LogP contribution in [0.3, 0.4) is 0 Å². The Morgan fingerprint density at radius 1 is 0.750 bits per heavy atom. The molecule has 0 aliphatic carbocycles. The predicted molar refractivity (Wildman–Crippen MR) is 135 cm³/mol. The van der Waals surface area contributed by atoms with Crippen molar-refractivity contribution in [1.29, 1.82) is 0 Å². The molecule has 1 unspecified atom stereocenters. The summed E-state index contributed by atoms with van der Waals surface area (Å²) >= 11 is 0. The molecule has 0 fully saturated rings. The Morgan fingerprint density at radius 3 is 2.00 bits per heavy atom. The van der Waals surface area contributed by atoms with E-state index in [2.05, 4.69) is 0 Å². The lowest BCUT2D eigenvalue weighted by Gasteiger charge is -2.37. The van der Waals surface area contributed by atoms with Crippen molar-refractivity contribution in [3.05, 3.63) is 71.3 Å². The number of hydrogen-bond donors (Lipinski definition) is 0. The molecule has 0 N–H and O–H groups in total. The summed E-state index contributed by atoms with van der Waals surface area (Å²) in [6.07, 6.45) is 0.674. The standard InChI is InChI=1S/C28H31NO7/c1-31-20-7-9-21(10-8-20)36-17-23-22-16-27(35-5)26(34-4)14-18(22)12-13-29(23)28(30)19-6-11-24(32-2)25(15-19)33-3/h6-11,14-16,23H,12-13,17H2,1-5H3. The first-order valence-electron chi connectivity index (χ1n) is 11.6. The van der Waals surface area contributed by atoms with Gasteiger partial charge in [0.1, 0.15) is 18.1 Å². The second kappa shape index (κ2) is 11.1. The number of carbonyl (C=O) groups is 1. The number of benzene rings is 3. The molecule has 8 heteroatoms. The van der Waals surface area contributed by atoms with E-state index in [1.54, 1.807) is 53.7 Å². The van der Waals surface area contributed by atoms with Gasteiger partial charge in [0.05, 0.1) is 41.6 Å². The molecule has 190 valence electrons. The molecule has 8 nitrogen and oxygen atoms in total. The van der Waals surface area contributed by atoms with Gasteiger partial charge in [-0.15, -0.1) is 0 Å². The van der Waals surface area contributed by atoms with Gasteiger partial charge < -0.3 is 33.3 Å². The number of rotatable bonds is 9. The monoisotopic (exact) mass is 493 g/mol. The van der Waals surface area contributed by atoms with Crippen molar-refractivity contribution in [2.24, 2.45) is 0 Å². The summed E-state index contributed by atoms with van der Waals surface area (Å²) in [5.74, 6) is 3.62. The highest BCUT2D eigenvalue weighted by atomic mass is 16.5. The molecule has 0 aromatic heterocycles. The average Bonchev–Trinajstić information content (AvgIpc) is 2.94. The van der Waals surface area contributed by atoms with E-state index in [4.69, 9.17) is 28.4 Å². The van der Waals surface area contributed by atoms with Gasteiger partial charge in [-0.25, -0.2) is 0 Å². The van der Waals surface area contributed by atoms with Crippen LogP contribution in [0.5, 0.6) is 34.5 Å². The van der Waals surface area contributed by atoms with Crippen LogP contribution in [0, 0.1) is 0 Å². The van der Waals surface area contributed by atoms with E-state index in [1.807, 2.05) is 41.3 Å². The van der Waals surface area contributed by atoms with E-state index in [0.717, 1.165) is 16.9 Å². The fourth-order valence-electron chi connectivity index (χ4n) is 4.43. The molecule has 4 rings (SSSR count). The molecular weight excluding hydrogens is 462 g/mol. The maximum atomic E-state index is 13.8. The molecule has 1 aliphatic heterocycles. The Balaban J connectivity index is 1.69. The Hall–Kier alpha value is -4.07. The molecule has 0 bridgehead atoms. The number of methoxy groups -OCH3 is 5. The van der Waals surface area contributed by atoms with E-state index in [9.17, 15) is 4.79 Å². The van der Waals surface area contributed by atoms with Crippen molar-refractivity contribution in [2.75, 3.05) is 48.7 Å². The summed E-state index contributed by atoms with van der Waals surface area (Å²) in [4.78, 5) is 15.6. The summed E-state index contributed by atoms with van der Waals surface area (Å²) < 4.78 is 33.2. The van der Waals surface area contributed by atoms with Crippen LogP contribution in [-0.2, 0) is 6.42 Å². The molecule has 0 saturated heterocycles. The van der Waals surface area contributed by atoms with Crippen LogP contribution in [0.15, 0.2) is 54.6 Å². The van der Waals surface area contributed by atoms with Gasteiger partial charge in [0, 0.05) is 12.1 Å². The van der Waals surface area contributed by atoms with Crippen LogP contribution in [0.1, 0.15) is 27.5 Å². The highest BCUT2D eigenvalue weighted by Gasteiger charge is 2.33. The Kier molecular flexibility index (Phi) is 7.73. The van der Waals surface area contributed by atoms with E-state index >= 15 is 0 Å². The lowest BCUT2D eigenvalue weighted by molar-refractivity contribution is 0.0589. The molecule has 0 saturated carbocycles. The topological polar surface area (TPSA) is 75.7 Å². The van der Waals surface area contributed by atoms with E-state index < -0.39 is 0 Å². The minimum absolute atomic E-state index is 0.125. The first kappa shape index (κ1) is 25.0. The molecular formula is C28H31NO7. The van der Waals surface area contributed by atoms with Gasteiger partial charge >= 0.3 is 0 Å². The van der Waals surface area contributed by atoms with Gasteiger partial charge in [-0.05, 0) is 72.1 Å². The summed E-state index contributed by atoms with van der Waals surface area (Å²) in [7, 11) is 7.95. The van der Waals surface area contributed by atoms with Crippen molar-refractivity contribution in [2.45, 2.75) is 12.5 Å². The number of hydrogen-bond acceptors (Lipinski definition) is 7. The second-order valence-corrected chi connectivity index (χ2v) is 8.23. The second-order valence-electron chi connectivity index (χ2n) is 8.23. The van der Waals surface area contributed by atoms with Gasteiger partial charge in [0.25, 0.3) is 5.91 Å². The van der Waals surface area contributed by atoms with Crippen molar-refractivity contribution in [3.8, 4) is 34.5 Å². The summed E-state index contributed by atoms with van der Waals surface area (Å²) in [5, 5.41) is 0. The van der Waals surface area contributed by atoms with Crippen molar-refractivity contribution in [1.82, 2.24) is 4.90 Å². The van der Waals surface area contributed by atoms with E-state index in [-0.39, 0.29) is 18.6 Å². The third-order valence-corrected chi connectivity index (χ3v) is 6.36. The third-order valence-electron chi connectivity index (χ3n) is 6.36. The minimum Gasteiger partial charge on any atom is -0.497 e. The van der Waals surface area contributed by atoms with Gasteiger partial charge in [0.2, 0.25) is 0 Å². The normalized spacial score (nSPS) is 14.5. The quantitative estimate of drug-likeness (QED) is 0.433. The fraction of sp³-hybridized carbons (Fsp3) is 0.321. The molecule has 0 radical (unpaired) electrons. The van der Waals surface area contributed by atoms with Gasteiger partial charge in [-0.3, -0.25) is 4.79 Å². The van der Waals surface area contributed by atoms with Crippen LogP contribution in [0.25, 0.3) is 0 Å². The van der Waals surface area contributed by atoms with Crippen LogP contribution < -0.4 is 28.4 Å². The third kappa shape index (κ3) is 4.98. The zero-order valence-corrected chi connectivity index (χ0v) is 21.2. The molecule has 3 aromatic rings. The van der Waals surface area contributed by atoms with Gasteiger partial charge in [-0.1, -0.05) is 0 Å². The zero-order valence-electron chi connectivity index (χ0n) is 21.2. The summed E-state index contributed by atoms with van der Waals surface area (Å²) in [6.45, 7) is 0.778. The Labute approximate surface area is 211 Å². The lowest BCUT2D eigenvalue weighted by Crippen LogP contribution is -2.42. The predicted octanol–water partition coefficient (Wildman–Crippen LogP) is 4.55. The summed E-state index contributed by atoms with van der Waals surface area (Å²) in [6, 6.07) is 16.1. The Morgan fingerprint density at radius 2 is 1.36 bits per heavy atom. The van der Waals surface area contributed by atoms with Crippen molar-refractivity contribution >= 4 is 5.91 Å². The number of nitrogens with zero attached hydrogens (tertiary/aromatic N) is 1.